The van der Waals surface area contributed by atoms with Gasteiger partial charge in [0.05, 0.1) is 4.92 Å². The van der Waals surface area contributed by atoms with Crippen molar-refractivity contribution in [2.75, 3.05) is 6.54 Å². The van der Waals surface area contributed by atoms with Crippen molar-refractivity contribution in [1.82, 2.24) is 5.32 Å². The number of benzene rings is 1. The second-order valence-corrected chi connectivity index (χ2v) is 4.25. The molecule has 6 heteroatoms. The van der Waals surface area contributed by atoms with Gasteiger partial charge in [-0.1, -0.05) is 19.1 Å². The van der Waals surface area contributed by atoms with E-state index < -0.39 is 4.92 Å². The van der Waals surface area contributed by atoms with E-state index in [1.54, 1.807) is 12.1 Å². The van der Waals surface area contributed by atoms with E-state index in [1.165, 1.54) is 12.1 Å². The number of carbonyl (C=O) groups excluding carboxylic acids is 1. The summed E-state index contributed by atoms with van der Waals surface area (Å²) in [5.74, 6) is 0.0909. The molecular weight excluding hydrogens is 234 g/mol. The fraction of sp³-hybridized carbons (Fsp3) is 0.417. The highest BCUT2D eigenvalue weighted by Crippen LogP contribution is 2.11. The molecule has 1 aromatic rings. The molecule has 1 unspecified atom stereocenters. The van der Waals surface area contributed by atoms with Crippen molar-refractivity contribution in [1.29, 1.82) is 0 Å². The molecule has 98 valence electrons. The molecule has 3 N–H and O–H groups in total. The molecule has 0 aromatic heterocycles. The van der Waals surface area contributed by atoms with Crippen LogP contribution in [0.1, 0.15) is 18.9 Å². The summed E-state index contributed by atoms with van der Waals surface area (Å²) in [5.41, 5.74) is 6.30. The van der Waals surface area contributed by atoms with Gasteiger partial charge in [0.2, 0.25) is 5.91 Å². The predicted octanol–water partition coefficient (Wildman–Crippen LogP) is 1.20. The summed E-state index contributed by atoms with van der Waals surface area (Å²) in [6, 6.07) is 6.10. The maximum atomic E-state index is 11.5. The molecule has 18 heavy (non-hydrogen) atoms. The van der Waals surface area contributed by atoms with Gasteiger partial charge in [-0.25, -0.2) is 0 Å². The van der Waals surface area contributed by atoms with E-state index in [1.807, 2.05) is 6.92 Å². The average Bonchev–Trinajstić information content (AvgIpc) is 2.36. The number of non-ortho nitro benzene ring substituents is 1. The minimum Gasteiger partial charge on any atom is -0.352 e. The first-order chi connectivity index (χ1) is 8.52. The summed E-state index contributed by atoms with van der Waals surface area (Å²) in [4.78, 5) is 21.5. The van der Waals surface area contributed by atoms with Gasteiger partial charge in [-0.3, -0.25) is 14.9 Å². The van der Waals surface area contributed by atoms with E-state index in [0.29, 0.717) is 19.5 Å². The number of nitrogens with zero attached hydrogens (tertiary/aromatic N) is 1. The van der Waals surface area contributed by atoms with Crippen molar-refractivity contribution in [2.24, 2.45) is 11.7 Å². The van der Waals surface area contributed by atoms with Gasteiger partial charge < -0.3 is 11.1 Å². The third-order valence-electron chi connectivity index (χ3n) is 2.57. The van der Waals surface area contributed by atoms with Crippen LogP contribution in [0, 0.1) is 16.0 Å². The van der Waals surface area contributed by atoms with Crippen LogP contribution < -0.4 is 11.1 Å². The van der Waals surface area contributed by atoms with Gasteiger partial charge in [-0.15, -0.1) is 0 Å². The summed E-state index contributed by atoms with van der Waals surface area (Å²) in [5, 5.41) is 13.2. The van der Waals surface area contributed by atoms with E-state index in [4.69, 9.17) is 5.73 Å². The van der Waals surface area contributed by atoms with Gasteiger partial charge >= 0.3 is 0 Å². The monoisotopic (exact) mass is 251 g/mol. The highest BCUT2D eigenvalue weighted by molar-refractivity contribution is 5.76. The fourth-order valence-electron chi connectivity index (χ4n) is 1.41. The fourth-order valence-corrected chi connectivity index (χ4v) is 1.41. The van der Waals surface area contributed by atoms with Crippen LogP contribution in [0.25, 0.3) is 0 Å². The van der Waals surface area contributed by atoms with Gasteiger partial charge in [0, 0.05) is 25.1 Å². The van der Waals surface area contributed by atoms with Crippen LogP contribution in [0.2, 0.25) is 0 Å². The highest BCUT2D eigenvalue weighted by atomic mass is 16.6. The lowest BCUT2D eigenvalue weighted by molar-refractivity contribution is -0.384. The number of nitrogens with one attached hydrogen (secondary N) is 1. The van der Waals surface area contributed by atoms with E-state index in [0.717, 1.165) is 5.56 Å². The number of rotatable bonds is 6. The Morgan fingerprint density at radius 2 is 2.06 bits per heavy atom. The first kappa shape index (κ1) is 14.1. The van der Waals surface area contributed by atoms with E-state index in [-0.39, 0.29) is 17.5 Å². The summed E-state index contributed by atoms with van der Waals surface area (Å²) >= 11 is 0. The Kier molecular flexibility index (Phi) is 5.26. The molecule has 0 radical (unpaired) electrons. The summed E-state index contributed by atoms with van der Waals surface area (Å²) < 4.78 is 0. The second kappa shape index (κ2) is 6.70. The van der Waals surface area contributed by atoms with Crippen molar-refractivity contribution in [2.45, 2.75) is 19.9 Å². The van der Waals surface area contributed by atoms with Crippen molar-refractivity contribution in [3.8, 4) is 0 Å². The SMILES string of the molecule is CC(CN)CC(=O)NCc1ccc([N+](=O)[O-])cc1. The number of hydrogen-bond acceptors (Lipinski definition) is 4. The third-order valence-corrected chi connectivity index (χ3v) is 2.57. The zero-order chi connectivity index (χ0) is 13.5. The molecule has 0 spiro atoms. The maximum absolute atomic E-state index is 11.5. The minimum atomic E-state index is -0.453. The Morgan fingerprint density at radius 1 is 1.44 bits per heavy atom. The van der Waals surface area contributed by atoms with Crippen LogP contribution in [-0.4, -0.2) is 17.4 Å². The summed E-state index contributed by atoms with van der Waals surface area (Å²) in [6.45, 7) is 2.75. The lowest BCUT2D eigenvalue weighted by Crippen LogP contribution is -2.26. The Hall–Kier alpha value is -1.95. The summed E-state index contributed by atoms with van der Waals surface area (Å²) in [6.07, 6.45) is 0.392. The zero-order valence-electron chi connectivity index (χ0n) is 10.3. The number of nitrogens with two attached hydrogens (primary N) is 1. The molecule has 0 aliphatic heterocycles. The lowest BCUT2D eigenvalue weighted by atomic mass is 10.1. The molecule has 0 saturated carbocycles. The highest BCUT2D eigenvalue weighted by Gasteiger charge is 2.08. The number of carbonyl (C=O) groups is 1. The first-order valence-electron chi connectivity index (χ1n) is 5.73. The summed E-state index contributed by atoms with van der Waals surface area (Å²) in [7, 11) is 0. The van der Waals surface area contributed by atoms with Gasteiger partial charge in [-0.2, -0.15) is 0 Å². The molecule has 0 aliphatic rings. The van der Waals surface area contributed by atoms with Crippen LogP contribution in [-0.2, 0) is 11.3 Å². The third kappa shape index (κ3) is 4.50. The number of nitro benzene ring substituents is 1. The van der Waals surface area contributed by atoms with Crippen LogP contribution in [0.3, 0.4) is 0 Å². The van der Waals surface area contributed by atoms with E-state index >= 15 is 0 Å². The van der Waals surface area contributed by atoms with Gasteiger partial charge in [-0.05, 0) is 18.0 Å². The molecule has 0 bridgehead atoms. The predicted molar refractivity (Wildman–Crippen MR) is 67.8 cm³/mol. The molecule has 0 saturated heterocycles. The van der Waals surface area contributed by atoms with Crippen molar-refractivity contribution >= 4 is 11.6 Å². The Bertz CT molecular complexity index is 417. The molecule has 0 heterocycles. The van der Waals surface area contributed by atoms with E-state index in [9.17, 15) is 14.9 Å². The van der Waals surface area contributed by atoms with Crippen LogP contribution in [0.15, 0.2) is 24.3 Å². The Labute approximate surface area is 105 Å². The smallest absolute Gasteiger partial charge is 0.269 e. The molecular formula is C12H17N3O3. The quantitative estimate of drug-likeness (QED) is 0.586. The second-order valence-electron chi connectivity index (χ2n) is 4.25. The van der Waals surface area contributed by atoms with Gasteiger partial charge in [0.1, 0.15) is 0 Å². The molecule has 0 fully saturated rings. The number of nitro groups is 1. The van der Waals surface area contributed by atoms with E-state index in [2.05, 4.69) is 5.32 Å². The largest absolute Gasteiger partial charge is 0.352 e. The molecule has 1 aromatic carbocycles. The van der Waals surface area contributed by atoms with Gasteiger partial charge in [0.15, 0.2) is 0 Å². The Morgan fingerprint density at radius 3 is 2.56 bits per heavy atom. The first-order valence-corrected chi connectivity index (χ1v) is 5.73. The normalized spacial score (nSPS) is 11.9. The number of amides is 1. The minimum absolute atomic E-state index is 0.0434. The van der Waals surface area contributed by atoms with Crippen molar-refractivity contribution < 1.29 is 9.72 Å². The number of hydrogen-bond donors (Lipinski definition) is 2. The Balaban J connectivity index is 2.44. The van der Waals surface area contributed by atoms with Crippen molar-refractivity contribution in [3.63, 3.8) is 0 Å². The standard InChI is InChI=1S/C12H17N3O3/c1-9(7-13)6-12(16)14-8-10-2-4-11(5-3-10)15(17)18/h2-5,9H,6-8,13H2,1H3,(H,14,16). The molecule has 1 amide bonds. The van der Waals surface area contributed by atoms with Crippen LogP contribution >= 0.6 is 0 Å². The lowest BCUT2D eigenvalue weighted by Gasteiger charge is -2.09. The van der Waals surface area contributed by atoms with Crippen LogP contribution in [0.4, 0.5) is 5.69 Å². The van der Waals surface area contributed by atoms with Gasteiger partial charge in [0.25, 0.3) is 5.69 Å². The molecule has 0 aliphatic carbocycles. The maximum Gasteiger partial charge on any atom is 0.269 e. The topological polar surface area (TPSA) is 98.3 Å². The average molecular weight is 251 g/mol. The molecule has 1 atom stereocenters. The molecule has 1 rings (SSSR count). The van der Waals surface area contributed by atoms with Crippen molar-refractivity contribution in [3.05, 3.63) is 39.9 Å². The van der Waals surface area contributed by atoms with Crippen LogP contribution in [0.5, 0.6) is 0 Å². The zero-order valence-corrected chi connectivity index (χ0v) is 10.3. The molecule has 6 nitrogen and oxygen atoms in total.